The molecule has 0 heterocycles. The summed E-state index contributed by atoms with van der Waals surface area (Å²) in [6, 6.07) is 18.8. The highest BCUT2D eigenvalue weighted by atomic mass is 79.9. The van der Waals surface area contributed by atoms with E-state index in [0.717, 1.165) is 16.6 Å². The van der Waals surface area contributed by atoms with Crippen molar-refractivity contribution in [3.8, 4) is 0 Å². The molecule has 3 heteroatoms. The highest BCUT2D eigenvalue weighted by Gasteiger charge is 2.12. The predicted molar refractivity (Wildman–Crippen MR) is 86.8 cm³/mol. The maximum atomic E-state index is 9.58. The third-order valence-electron chi connectivity index (χ3n) is 3.53. The summed E-state index contributed by atoms with van der Waals surface area (Å²) in [7, 11) is 0. The topological polar surface area (TPSA) is 32.3 Å². The van der Waals surface area contributed by atoms with E-state index in [4.69, 9.17) is 0 Å². The van der Waals surface area contributed by atoms with Gasteiger partial charge in [0.05, 0.1) is 6.61 Å². The molecule has 0 saturated carbocycles. The fourth-order valence-electron chi connectivity index (χ4n) is 2.20. The van der Waals surface area contributed by atoms with Crippen LogP contribution >= 0.6 is 15.9 Å². The average molecular weight is 334 g/mol. The van der Waals surface area contributed by atoms with Gasteiger partial charge in [0.2, 0.25) is 0 Å². The van der Waals surface area contributed by atoms with Crippen molar-refractivity contribution in [1.29, 1.82) is 0 Å². The Hall–Kier alpha value is -1.16. The van der Waals surface area contributed by atoms with Gasteiger partial charge in [-0.15, -0.1) is 0 Å². The quantitative estimate of drug-likeness (QED) is 0.840. The Morgan fingerprint density at radius 1 is 1.00 bits per heavy atom. The first-order valence-corrected chi connectivity index (χ1v) is 7.64. The summed E-state index contributed by atoms with van der Waals surface area (Å²) in [5.74, 6) is 0.120. The molecular weight excluding hydrogens is 314 g/mol. The van der Waals surface area contributed by atoms with Crippen molar-refractivity contribution in [1.82, 2.24) is 5.32 Å². The van der Waals surface area contributed by atoms with Crippen molar-refractivity contribution in [3.63, 3.8) is 0 Å². The van der Waals surface area contributed by atoms with Crippen LogP contribution in [0.4, 0.5) is 0 Å². The minimum absolute atomic E-state index is 0.120. The summed E-state index contributed by atoms with van der Waals surface area (Å²) < 4.78 is 1.06. The lowest BCUT2D eigenvalue weighted by molar-refractivity contribution is 0.259. The standard InChI is InChI=1S/C17H20BrNO/c1-13(14-5-3-2-4-6-14)19-11-16(12-20)15-7-9-17(18)10-8-15/h2-10,13,16,19-20H,11-12H2,1H3/t13-,16?/m1/s1. The number of hydrogen-bond donors (Lipinski definition) is 2. The second-order valence-corrected chi connectivity index (χ2v) is 5.89. The van der Waals surface area contributed by atoms with E-state index in [1.807, 2.05) is 30.3 Å². The van der Waals surface area contributed by atoms with Gasteiger partial charge in [0.15, 0.2) is 0 Å². The third-order valence-corrected chi connectivity index (χ3v) is 4.06. The third kappa shape index (κ3) is 4.17. The second kappa shape index (κ2) is 7.58. The molecule has 1 unspecified atom stereocenters. The summed E-state index contributed by atoms with van der Waals surface area (Å²) in [6.45, 7) is 3.05. The first kappa shape index (κ1) is 15.2. The molecule has 0 fully saturated rings. The molecule has 0 saturated heterocycles. The van der Waals surface area contributed by atoms with Crippen LogP contribution < -0.4 is 5.32 Å². The maximum Gasteiger partial charge on any atom is 0.0511 e. The molecule has 0 aliphatic heterocycles. The van der Waals surface area contributed by atoms with Crippen LogP contribution in [0.2, 0.25) is 0 Å². The molecule has 0 aliphatic rings. The molecule has 0 amide bonds. The molecule has 0 bridgehead atoms. The van der Waals surface area contributed by atoms with Crippen molar-refractivity contribution in [2.75, 3.05) is 13.2 Å². The van der Waals surface area contributed by atoms with Gasteiger partial charge in [0.1, 0.15) is 0 Å². The number of aliphatic hydroxyl groups excluding tert-OH is 1. The second-order valence-electron chi connectivity index (χ2n) is 4.97. The fraction of sp³-hybridized carbons (Fsp3) is 0.294. The predicted octanol–water partition coefficient (Wildman–Crippen LogP) is 3.88. The van der Waals surface area contributed by atoms with Gasteiger partial charge in [-0.1, -0.05) is 58.4 Å². The molecule has 0 spiro atoms. The Labute approximate surface area is 129 Å². The fourth-order valence-corrected chi connectivity index (χ4v) is 2.47. The summed E-state index contributed by atoms with van der Waals surface area (Å²) in [4.78, 5) is 0. The first-order chi connectivity index (χ1) is 9.70. The summed E-state index contributed by atoms with van der Waals surface area (Å²) >= 11 is 3.43. The zero-order chi connectivity index (χ0) is 14.4. The molecule has 2 rings (SSSR count). The number of aliphatic hydroxyl groups is 1. The van der Waals surface area contributed by atoms with Crippen molar-refractivity contribution < 1.29 is 5.11 Å². The summed E-state index contributed by atoms with van der Waals surface area (Å²) in [5.41, 5.74) is 2.42. The van der Waals surface area contributed by atoms with E-state index in [0.29, 0.717) is 0 Å². The molecule has 20 heavy (non-hydrogen) atoms. The summed E-state index contributed by atoms with van der Waals surface area (Å²) in [5, 5.41) is 13.1. The largest absolute Gasteiger partial charge is 0.396 e. The highest BCUT2D eigenvalue weighted by molar-refractivity contribution is 9.10. The number of halogens is 1. The van der Waals surface area contributed by atoms with E-state index in [9.17, 15) is 5.11 Å². The molecule has 2 nitrogen and oxygen atoms in total. The lowest BCUT2D eigenvalue weighted by Crippen LogP contribution is -2.26. The Kier molecular flexibility index (Phi) is 5.77. The smallest absolute Gasteiger partial charge is 0.0511 e. The van der Waals surface area contributed by atoms with Crippen LogP contribution in [-0.4, -0.2) is 18.3 Å². The lowest BCUT2D eigenvalue weighted by atomic mass is 9.99. The van der Waals surface area contributed by atoms with Crippen LogP contribution in [0.3, 0.4) is 0 Å². The Morgan fingerprint density at radius 3 is 2.25 bits per heavy atom. The molecule has 0 aliphatic carbocycles. The van der Waals surface area contributed by atoms with E-state index in [1.165, 1.54) is 5.56 Å². The molecular formula is C17H20BrNO. The van der Waals surface area contributed by atoms with Gasteiger partial charge < -0.3 is 10.4 Å². The SMILES string of the molecule is C[C@@H](NCC(CO)c1ccc(Br)cc1)c1ccccc1. The molecule has 0 radical (unpaired) electrons. The van der Waals surface area contributed by atoms with Gasteiger partial charge in [0.25, 0.3) is 0 Å². The average Bonchev–Trinajstić information content (AvgIpc) is 2.50. The molecule has 2 atom stereocenters. The minimum atomic E-state index is 0.120. The normalized spacial score (nSPS) is 13.9. The zero-order valence-electron chi connectivity index (χ0n) is 11.6. The van der Waals surface area contributed by atoms with Crippen molar-refractivity contribution in [2.45, 2.75) is 18.9 Å². The number of hydrogen-bond acceptors (Lipinski definition) is 2. The van der Waals surface area contributed by atoms with E-state index >= 15 is 0 Å². The minimum Gasteiger partial charge on any atom is -0.396 e. The monoisotopic (exact) mass is 333 g/mol. The Bertz CT molecular complexity index is 512. The molecule has 0 aromatic heterocycles. The van der Waals surface area contributed by atoms with Gasteiger partial charge >= 0.3 is 0 Å². The van der Waals surface area contributed by atoms with Crippen LogP contribution in [-0.2, 0) is 0 Å². The molecule has 2 aromatic carbocycles. The van der Waals surface area contributed by atoms with Gasteiger partial charge in [-0.05, 0) is 30.2 Å². The van der Waals surface area contributed by atoms with Crippen LogP contribution in [0.5, 0.6) is 0 Å². The molecule has 2 N–H and O–H groups in total. The Morgan fingerprint density at radius 2 is 1.65 bits per heavy atom. The number of rotatable bonds is 6. The van der Waals surface area contributed by atoms with Crippen molar-refractivity contribution in [3.05, 3.63) is 70.2 Å². The van der Waals surface area contributed by atoms with E-state index < -0.39 is 0 Å². The number of nitrogens with one attached hydrogen (secondary N) is 1. The maximum absolute atomic E-state index is 9.58. The van der Waals surface area contributed by atoms with E-state index in [-0.39, 0.29) is 18.6 Å². The van der Waals surface area contributed by atoms with Crippen LogP contribution in [0.15, 0.2) is 59.1 Å². The zero-order valence-corrected chi connectivity index (χ0v) is 13.2. The van der Waals surface area contributed by atoms with E-state index in [2.05, 4.69) is 52.4 Å². The molecule has 106 valence electrons. The van der Waals surface area contributed by atoms with Gasteiger partial charge in [-0.3, -0.25) is 0 Å². The van der Waals surface area contributed by atoms with E-state index in [1.54, 1.807) is 0 Å². The Balaban J connectivity index is 1.95. The number of benzene rings is 2. The van der Waals surface area contributed by atoms with Crippen molar-refractivity contribution in [2.24, 2.45) is 0 Å². The van der Waals surface area contributed by atoms with Gasteiger partial charge in [-0.25, -0.2) is 0 Å². The first-order valence-electron chi connectivity index (χ1n) is 6.85. The van der Waals surface area contributed by atoms with Gasteiger partial charge in [-0.2, -0.15) is 0 Å². The summed E-state index contributed by atoms with van der Waals surface area (Å²) in [6.07, 6.45) is 0. The lowest BCUT2D eigenvalue weighted by Gasteiger charge is -2.20. The van der Waals surface area contributed by atoms with Gasteiger partial charge in [0, 0.05) is 23.0 Å². The van der Waals surface area contributed by atoms with Crippen molar-refractivity contribution >= 4 is 15.9 Å². The molecule has 2 aromatic rings. The van der Waals surface area contributed by atoms with Crippen LogP contribution in [0, 0.1) is 0 Å². The van der Waals surface area contributed by atoms with Crippen LogP contribution in [0.25, 0.3) is 0 Å². The highest BCUT2D eigenvalue weighted by Crippen LogP contribution is 2.19. The van der Waals surface area contributed by atoms with Crippen LogP contribution in [0.1, 0.15) is 30.0 Å².